The number of hydrogen-bond acceptors (Lipinski definition) is 4. The third kappa shape index (κ3) is 7.21. The first-order chi connectivity index (χ1) is 17.1. The predicted octanol–water partition coefficient (Wildman–Crippen LogP) is 5.36. The molecule has 0 saturated heterocycles. The van der Waals surface area contributed by atoms with E-state index in [2.05, 4.69) is 5.32 Å². The molecule has 36 heavy (non-hydrogen) atoms. The molecule has 0 saturated carbocycles. The molecule has 2 N–H and O–H groups in total. The number of allylic oxidation sites excluding steroid dienone is 2. The SMILES string of the molecule is CCc1cc(Oc2cccc(CNC(=O)C3C=CC(C(F)(F)F)=CC3OC)c2)ccc1CCC(=O)O. The summed E-state index contributed by atoms with van der Waals surface area (Å²) < 4.78 is 50.0. The number of nitrogens with one attached hydrogen (secondary N) is 1. The topological polar surface area (TPSA) is 84.9 Å². The number of rotatable bonds is 10. The van der Waals surface area contributed by atoms with E-state index in [-0.39, 0.29) is 13.0 Å². The molecule has 1 amide bonds. The number of aryl methyl sites for hydroxylation is 2. The molecular formula is C27H28F3NO5. The van der Waals surface area contributed by atoms with E-state index in [4.69, 9.17) is 14.6 Å². The molecule has 6 nitrogen and oxygen atoms in total. The van der Waals surface area contributed by atoms with Crippen molar-refractivity contribution in [1.29, 1.82) is 0 Å². The minimum absolute atomic E-state index is 0.0581. The van der Waals surface area contributed by atoms with Crippen LogP contribution in [0.2, 0.25) is 0 Å². The molecule has 9 heteroatoms. The summed E-state index contributed by atoms with van der Waals surface area (Å²) in [5, 5.41) is 11.7. The second kappa shape index (κ2) is 11.9. The van der Waals surface area contributed by atoms with E-state index in [1.807, 2.05) is 19.1 Å². The lowest BCUT2D eigenvalue weighted by molar-refractivity contribution is -0.137. The molecule has 1 aliphatic carbocycles. The third-order valence-corrected chi connectivity index (χ3v) is 5.85. The largest absolute Gasteiger partial charge is 0.481 e. The standard InChI is InChI=1S/C27H28F3NO5/c1-3-18-14-22(10-7-19(18)8-12-25(32)33)36-21-6-4-5-17(13-21)16-31-26(34)23-11-9-20(27(28,29)30)15-24(23)35-2/h4-7,9-11,13-15,23-24H,3,8,12,16H2,1-2H3,(H,31,34)(H,32,33). The monoisotopic (exact) mass is 503 g/mol. The highest BCUT2D eigenvalue weighted by Gasteiger charge is 2.37. The lowest BCUT2D eigenvalue weighted by Crippen LogP contribution is -2.38. The van der Waals surface area contributed by atoms with E-state index in [0.29, 0.717) is 17.9 Å². The minimum atomic E-state index is -4.51. The summed E-state index contributed by atoms with van der Waals surface area (Å²) in [7, 11) is 1.26. The Bertz CT molecular complexity index is 1160. The van der Waals surface area contributed by atoms with Crippen LogP contribution in [0.5, 0.6) is 11.5 Å². The fraction of sp³-hybridized carbons (Fsp3) is 0.333. The molecule has 0 bridgehead atoms. The first kappa shape index (κ1) is 27.0. The van der Waals surface area contributed by atoms with E-state index >= 15 is 0 Å². The number of aliphatic carboxylic acids is 1. The fourth-order valence-corrected chi connectivity index (χ4v) is 3.94. The molecule has 0 aliphatic heterocycles. The van der Waals surface area contributed by atoms with Crippen LogP contribution in [0.1, 0.15) is 30.0 Å². The van der Waals surface area contributed by atoms with Gasteiger partial charge in [-0.3, -0.25) is 9.59 Å². The summed E-state index contributed by atoms with van der Waals surface area (Å²) in [6, 6.07) is 12.6. The Hall–Kier alpha value is -3.59. The normalized spacial score (nSPS) is 17.4. The van der Waals surface area contributed by atoms with Gasteiger partial charge in [-0.1, -0.05) is 37.3 Å². The fourth-order valence-electron chi connectivity index (χ4n) is 3.94. The molecule has 192 valence electrons. The minimum Gasteiger partial charge on any atom is -0.481 e. The van der Waals surface area contributed by atoms with Crippen LogP contribution in [0, 0.1) is 5.92 Å². The van der Waals surface area contributed by atoms with Crippen LogP contribution in [0.25, 0.3) is 0 Å². The van der Waals surface area contributed by atoms with Crippen molar-refractivity contribution < 1.29 is 37.3 Å². The van der Waals surface area contributed by atoms with Crippen LogP contribution in [-0.4, -0.2) is 36.4 Å². The first-order valence-corrected chi connectivity index (χ1v) is 11.5. The maximum Gasteiger partial charge on any atom is 0.416 e. The number of carbonyl (C=O) groups is 2. The van der Waals surface area contributed by atoms with Crippen LogP contribution < -0.4 is 10.1 Å². The van der Waals surface area contributed by atoms with E-state index in [9.17, 15) is 22.8 Å². The Balaban J connectivity index is 1.63. The lowest BCUT2D eigenvalue weighted by Gasteiger charge is -2.25. The van der Waals surface area contributed by atoms with E-state index in [0.717, 1.165) is 35.3 Å². The summed E-state index contributed by atoms with van der Waals surface area (Å²) in [5.41, 5.74) is 1.87. The van der Waals surface area contributed by atoms with Crippen molar-refractivity contribution in [3.05, 3.63) is 83.0 Å². The van der Waals surface area contributed by atoms with E-state index in [1.165, 1.54) is 13.2 Å². The molecule has 0 fully saturated rings. The second-order valence-corrected chi connectivity index (χ2v) is 8.35. The highest BCUT2D eigenvalue weighted by molar-refractivity contribution is 5.82. The van der Waals surface area contributed by atoms with Gasteiger partial charge < -0.3 is 19.9 Å². The molecule has 2 unspecified atom stereocenters. The van der Waals surface area contributed by atoms with Gasteiger partial charge in [0, 0.05) is 20.1 Å². The van der Waals surface area contributed by atoms with Gasteiger partial charge >= 0.3 is 12.1 Å². The highest BCUT2D eigenvalue weighted by Crippen LogP contribution is 2.32. The Morgan fingerprint density at radius 1 is 1.08 bits per heavy atom. The van der Waals surface area contributed by atoms with Gasteiger partial charge in [-0.15, -0.1) is 0 Å². The summed E-state index contributed by atoms with van der Waals surface area (Å²) in [6.07, 6.45) is -1.28. The zero-order valence-electron chi connectivity index (χ0n) is 20.0. The summed E-state index contributed by atoms with van der Waals surface area (Å²) in [6.45, 7) is 2.14. The maximum atomic E-state index is 13.0. The molecular weight excluding hydrogens is 475 g/mol. The van der Waals surface area contributed by atoms with Crippen molar-refractivity contribution in [1.82, 2.24) is 5.32 Å². The number of halogens is 3. The number of amides is 1. The number of hydrogen-bond donors (Lipinski definition) is 2. The zero-order chi connectivity index (χ0) is 26.3. The maximum absolute atomic E-state index is 13.0. The van der Waals surface area contributed by atoms with E-state index < -0.39 is 35.6 Å². The van der Waals surface area contributed by atoms with Crippen molar-refractivity contribution >= 4 is 11.9 Å². The van der Waals surface area contributed by atoms with Crippen molar-refractivity contribution in [2.75, 3.05) is 7.11 Å². The number of carboxylic acid groups (broad SMARTS) is 1. The van der Waals surface area contributed by atoms with Gasteiger partial charge in [-0.05, 0) is 59.9 Å². The average molecular weight is 504 g/mol. The quantitative estimate of drug-likeness (QED) is 0.456. The molecule has 2 aromatic rings. The Morgan fingerprint density at radius 2 is 1.83 bits per heavy atom. The number of carbonyl (C=O) groups excluding carboxylic acids is 1. The Kier molecular flexibility index (Phi) is 8.93. The van der Waals surface area contributed by atoms with Gasteiger partial charge in [-0.2, -0.15) is 13.2 Å². The van der Waals surface area contributed by atoms with Crippen LogP contribution in [0.15, 0.2) is 66.3 Å². The van der Waals surface area contributed by atoms with Crippen LogP contribution in [-0.2, 0) is 33.7 Å². The number of carboxylic acids is 1. The zero-order valence-corrected chi connectivity index (χ0v) is 20.0. The Morgan fingerprint density at radius 3 is 2.50 bits per heavy atom. The molecule has 0 heterocycles. The molecule has 2 atom stereocenters. The van der Waals surface area contributed by atoms with Gasteiger partial charge in [0.2, 0.25) is 5.91 Å². The second-order valence-electron chi connectivity index (χ2n) is 8.35. The molecule has 3 rings (SSSR count). The van der Waals surface area contributed by atoms with Crippen molar-refractivity contribution in [2.45, 2.75) is 45.0 Å². The molecule has 0 aromatic heterocycles. The molecule has 2 aromatic carbocycles. The van der Waals surface area contributed by atoms with Gasteiger partial charge in [0.05, 0.1) is 17.6 Å². The number of benzene rings is 2. The van der Waals surface area contributed by atoms with Crippen LogP contribution in [0.4, 0.5) is 13.2 Å². The molecule has 0 spiro atoms. The Labute approximate surface area is 207 Å². The van der Waals surface area contributed by atoms with E-state index in [1.54, 1.807) is 30.3 Å². The third-order valence-electron chi connectivity index (χ3n) is 5.85. The molecule has 1 aliphatic rings. The lowest BCUT2D eigenvalue weighted by atomic mass is 9.92. The highest BCUT2D eigenvalue weighted by atomic mass is 19.4. The number of ether oxygens (including phenoxy) is 2. The summed E-state index contributed by atoms with van der Waals surface area (Å²) in [4.78, 5) is 23.5. The summed E-state index contributed by atoms with van der Waals surface area (Å²) in [5.74, 6) is -1.03. The van der Waals surface area contributed by atoms with Crippen LogP contribution in [0.3, 0.4) is 0 Å². The predicted molar refractivity (Wildman–Crippen MR) is 128 cm³/mol. The smallest absolute Gasteiger partial charge is 0.416 e. The van der Waals surface area contributed by atoms with Crippen molar-refractivity contribution in [3.8, 4) is 11.5 Å². The van der Waals surface area contributed by atoms with Gasteiger partial charge in [0.15, 0.2) is 0 Å². The van der Waals surface area contributed by atoms with Gasteiger partial charge in [-0.25, -0.2) is 0 Å². The van der Waals surface area contributed by atoms with Crippen LogP contribution >= 0.6 is 0 Å². The summed E-state index contributed by atoms with van der Waals surface area (Å²) >= 11 is 0. The number of alkyl halides is 3. The molecule has 0 radical (unpaired) electrons. The number of methoxy groups -OCH3 is 1. The first-order valence-electron chi connectivity index (χ1n) is 11.5. The van der Waals surface area contributed by atoms with Gasteiger partial charge in [0.1, 0.15) is 11.5 Å². The van der Waals surface area contributed by atoms with Crippen molar-refractivity contribution in [2.24, 2.45) is 5.92 Å². The average Bonchev–Trinajstić information content (AvgIpc) is 2.85. The van der Waals surface area contributed by atoms with Gasteiger partial charge in [0.25, 0.3) is 0 Å². The van der Waals surface area contributed by atoms with Crippen molar-refractivity contribution in [3.63, 3.8) is 0 Å².